The molecule has 0 aromatic heterocycles. The first-order chi connectivity index (χ1) is 15.1. The minimum atomic E-state index is -0.769. The van der Waals surface area contributed by atoms with Gasteiger partial charge in [0.15, 0.2) is 0 Å². The number of carbonyl (C=O) groups excluding carboxylic acids is 2. The van der Waals surface area contributed by atoms with E-state index in [1.807, 2.05) is 78.9 Å². The van der Waals surface area contributed by atoms with Crippen LogP contribution in [0.3, 0.4) is 0 Å². The van der Waals surface area contributed by atoms with Crippen LogP contribution in [-0.2, 0) is 9.59 Å². The van der Waals surface area contributed by atoms with Gasteiger partial charge >= 0.3 is 0 Å². The number of benzene rings is 3. The fraction of sp³-hybridized carbons (Fsp3) is 0.167. The average molecular weight is 453 g/mol. The van der Waals surface area contributed by atoms with Crippen molar-refractivity contribution < 1.29 is 14.3 Å². The molecule has 1 heterocycles. The average Bonchev–Trinajstić information content (AvgIpc) is 3.21. The van der Waals surface area contributed by atoms with Crippen molar-refractivity contribution >= 4 is 46.6 Å². The lowest BCUT2D eigenvalue weighted by atomic mass is 10.1. The number of amides is 2. The van der Waals surface area contributed by atoms with Crippen molar-refractivity contribution in [1.82, 2.24) is 0 Å². The van der Waals surface area contributed by atoms with Gasteiger partial charge in [0, 0.05) is 11.4 Å². The van der Waals surface area contributed by atoms with Crippen LogP contribution in [0.2, 0.25) is 0 Å². The maximum Gasteiger partial charge on any atom is 0.246 e. The molecule has 7 heteroatoms. The number of hydrogen-bond donors (Lipinski definition) is 1. The Morgan fingerprint density at radius 3 is 2.39 bits per heavy atom. The van der Waals surface area contributed by atoms with Gasteiger partial charge in [-0.3, -0.25) is 14.5 Å². The van der Waals surface area contributed by atoms with Crippen LogP contribution in [0.15, 0.2) is 78.9 Å². The van der Waals surface area contributed by atoms with E-state index in [9.17, 15) is 9.59 Å². The van der Waals surface area contributed by atoms with Gasteiger partial charge in [0.25, 0.3) is 0 Å². The zero-order chi connectivity index (χ0) is 21.8. The maximum atomic E-state index is 12.5. The van der Waals surface area contributed by atoms with Gasteiger partial charge in [-0.2, -0.15) is 0 Å². The van der Waals surface area contributed by atoms with Gasteiger partial charge in [0.2, 0.25) is 11.8 Å². The summed E-state index contributed by atoms with van der Waals surface area (Å²) in [6.07, 6.45) is 0. The number of thioether (sulfide) groups is 1. The molecule has 2 amide bonds. The molecule has 158 valence electrons. The second kappa shape index (κ2) is 9.45. The Balaban J connectivity index is 1.47. The second-order valence-electron chi connectivity index (χ2n) is 7.01. The molecule has 1 saturated heterocycles. The number of carbonyl (C=O) groups is 2. The van der Waals surface area contributed by atoms with E-state index < -0.39 is 5.38 Å². The standard InChI is InChI=1S/C24H21ClN2O3S/c1-30-20-13-11-19(12-14-20)27-21(28)15-31-24(27)17-7-9-18(10-8-17)26-23(29)22(25)16-5-3-2-4-6-16/h2-14,22,24H,15H2,1H3,(H,26,29). The van der Waals surface area contributed by atoms with Crippen molar-refractivity contribution in [3.05, 3.63) is 90.0 Å². The van der Waals surface area contributed by atoms with E-state index in [-0.39, 0.29) is 17.2 Å². The van der Waals surface area contributed by atoms with Gasteiger partial charge in [-0.05, 0) is 47.5 Å². The molecule has 0 bridgehead atoms. The summed E-state index contributed by atoms with van der Waals surface area (Å²) < 4.78 is 5.21. The Labute approximate surface area is 190 Å². The zero-order valence-electron chi connectivity index (χ0n) is 16.8. The monoisotopic (exact) mass is 452 g/mol. The SMILES string of the molecule is COc1ccc(N2C(=O)CSC2c2ccc(NC(=O)C(Cl)c3ccccc3)cc2)cc1. The number of alkyl halides is 1. The summed E-state index contributed by atoms with van der Waals surface area (Å²) in [5.41, 5.74) is 3.20. The molecule has 1 N–H and O–H groups in total. The van der Waals surface area contributed by atoms with Crippen LogP contribution in [0.5, 0.6) is 5.75 Å². The first-order valence-corrected chi connectivity index (χ1v) is 11.2. The van der Waals surface area contributed by atoms with E-state index in [1.54, 1.807) is 23.8 Å². The van der Waals surface area contributed by atoms with Crippen molar-refractivity contribution in [2.45, 2.75) is 10.8 Å². The maximum absolute atomic E-state index is 12.5. The van der Waals surface area contributed by atoms with E-state index in [4.69, 9.17) is 16.3 Å². The molecule has 3 aromatic rings. The highest BCUT2D eigenvalue weighted by atomic mass is 35.5. The van der Waals surface area contributed by atoms with Gasteiger partial charge in [-0.1, -0.05) is 42.5 Å². The Bertz CT molecular complexity index is 1060. The summed E-state index contributed by atoms with van der Waals surface area (Å²) in [5, 5.41) is 1.95. The Morgan fingerprint density at radius 2 is 1.74 bits per heavy atom. The number of halogens is 1. The lowest BCUT2D eigenvalue weighted by Crippen LogP contribution is -2.27. The summed E-state index contributed by atoms with van der Waals surface area (Å²) in [5.74, 6) is 0.935. The first kappa shape index (κ1) is 21.3. The number of methoxy groups -OCH3 is 1. The molecule has 2 atom stereocenters. The zero-order valence-corrected chi connectivity index (χ0v) is 18.4. The van der Waals surface area contributed by atoms with Crippen molar-refractivity contribution in [3.63, 3.8) is 0 Å². The van der Waals surface area contributed by atoms with Gasteiger partial charge in [-0.25, -0.2) is 0 Å². The highest BCUT2D eigenvalue weighted by Gasteiger charge is 2.34. The second-order valence-corrected chi connectivity index (χ2v) is 8.51. The summed E-state index contributed by atoms with van der Waals surface area (Å²) in [6, 6.07) is 24.2. The highest BCUT2D eigenvalue weighted by molar-refractivity contribution is 8.00. The Hall–Kier alpha value is -2.96. The number of nitrogens with zero attached hydrogens (tertiary/aromatic N) is 1. The van der Waals surface area contributed by atoms with Crippen LogP contribution in [0.1, 0.15) is 21.9 Å². The van der Waals surface area contributed by atoms with E-state index in [1.165, 1.54) is 0 Å². The van der Waals surface area contributed by atoms with Crippen LogP contribution in [0.4, 0.5) is 11.4 Å². The summed E-state index contributed by atoms with van der Waals surface area (Å²) in [4.78, 5) is 26.8. The number of hydrogen-bond acceptors (Lipinski definition) is 4. The Morgan fingerprint density at radius 1 is 1.06 bits per heavy atom. The topological polar surface area (TPSA) is 58.6 Å². The van der Waals surface area contributed by atoms with Crippen molar-refractivity contribution in [3.8, 4) is 5.75 Å². The molecule has 5 nitrogen and oxygen atoms in total. The number of nitrogens with one attached hydrogen (secondary N) is 1. The lowest BCUT2D eigenvalue weighted by Gasteiger charge is -2.24. The molecular weight excluding hydrogens is 432 g/mol. The molecule has 0 radical (unpaired) electrons. The normalized spacial score (nSPS) is 16.8. The van der Waals surface area contributed by atoms with E-state index in [0.717, 1.165) is 22.6 Å². The van der Waals surface area contributed by atoms with Gasteiger partial charge in [0.05, 0.1) is 12.9 Å². The van der Waals surface area contributed by atoms with Crippen LogP contribution >= 0.6 is 23.4 Å². The fourth-order valence-electron chi connectivity index (χ4n) is 3.40. The van der Waals surface area contributed by atoms with Gasteiger partial charge in [-0.15, -0.1) is 23.4 Å². The molecule has 0 spiro atoms. The van der Waals surface area contributed by atoms with Crippen LogP contribution < -0.4 is 15.0 Å². The number of anilines is 2. The van der Waals surface area contributed by atoms with Crippen LogP contribution in [-0.4, -0.2) is 24.7 Å². The first-order valence-electron chi connectivity index (χ1n) is 9.74. The van der Waals surface area contributed by atoms with E-state index >= 15 is 0 Å². The predicted octanol–water partition coefficient (Wildman–Crippen LogP) is 5.39. The van der Waals surface area contributed by atoms with Gasteiger partial charge in [0.1, 0.15) is 16.5 Å². The highest BCUT2D eigenvalue weighted by Crippen LogP contribution is 2.42. The number of rotatable bonds is 6. The molecule has 1 aliphatic heterocycles. The van der Waals surface area contributed by atoms with E-state index in [0.29, 0.717) is 11.4 Å². The molecule has 0 saturated carbocycles. The van der Waals surface area contributed by atoms with Crippen molar-refractivity contribution in [2.24, 2.45) is 0 Å². The predicted molar refractivity (Wildman–Crippen MR) is 126 cm³/mol. The fourth-order valence-corrected chi connectivity index (χ4v) is 4.78. The largest absolute Gasteiger partial charge is 0.497 e. The third-order valence-electron chi connectivity index (χ3n) is 5.00. The summed E-state index contributed by atoms with van der Waals surface area (Å²) >= 11 is 7.87. The minimum absolute atomic E-state index is 0.0605. The summed E-state index contributed by atoms with van der Waals surface area (Å²) in [6.45, 7) is 0. The molecule has 1 aliphatic rings. The quantitative estimate of drug-likeness (QED) is 0.509. The lowest BCUT2D eigenvalue weighted by molar-refractivity contribution is -0.116. The molecule has 3 aromatic carbocycles. The summed E-state index contributed by atoms with van der Waals surface area (Å²) in [7, 11) is 1.61. The number of ether oxygens (including phenoxy) is 1. The minimum Gasteiger partial charge on any atom is -0.497 e. The molecule has 1 fully saturated rings. The van der Waals surface area contributed by atoms with Crippen molar-refractivity contribution in [1.29, 1.82) is 0 Å². The molecule has 31 heavy (non-hydrogen) atoms. The molecule has 2 unspecified atom stereocenters. The van der Waals surface area contributed by atoms with Gasteiger partial charge < -0.3 is 10.1 Å². The molecular formula is C24H21ClN2O3S. The van der Waals surface area contributed by atoms with Crippen LogP contribution in [0, 0.1) is 0 Å². The third-order valence-corrected chi connectivity index (χ3v) is 6.67. The third kappa shape index (κ3) is 4.70. The van der Waals surface area contributed by atoms with Crippen LogP contribution in [0.25, 0.3) is 0 Å². The molecule has 0 aliphatic carbocycles. The smallest absolute Gasteiger partial charge is 0.246 e. The Kier molecular flexibility index (Phi) is 6.49. The van der Waals surface area contributed by atoms with E-state index in [2.05, 4.69) is 5.32 Å². The van der Waals surface area contributed by atoms with Crippen molar-refractivity contribution in [2.75, 3.05) is 23.1 Å². The molecule has 4 rings (SSSR count).